The van der Waals surface area contributed by atoms with Gasteiger partial charge in [0.1, 0.15) is 18.2 Å². The highest BCUT2D eigenvalue weighted by Crippen LogP contribution is 2.08. The molecule has 0 aromatic heterocycles. The van der Waals surface area contributed by atoms with E-state index in [2.05, 4.69) is 5.32 Å². The van der Waals surface area contributed by atoms with E-state index in [0.717, 1.165) is 12.1 Å². The summed E-state index contributed by atoms with van der Waals surface area (Å²) in [5.41, 5.74) is 0.153. The van der Waals surface area contributed by atoms with Crippen molar-refractivity contribution in [2.45, 2.75) is 6.42 Å². The van der Waals surface area contributed by atoms with Gasteiger partial charge in [0.25, 0.3) is 0 Å². The summed E-state index contributed by atoms with van der Waals surface area (Å²) in [5, 5.41) is 10.4. The summed E-state index contributed by atoms with van der Waals surface area (Å²) in [7, 11) is 0. The number of carboxylic acids is 1. The molecule has 0 fully saturated rings. The maximum Gasteiger partial charge on any atom is 0.322 e. The van der Waals surface area contributed by atoms with Crippen LogP contribution >= 0.6 is 0 Å². The first kappa shape index (κ1) is 12.1. The second kappa shape index (κ2) is 5.20. The molecule has 4 nitrogen and oxygen atoms in total. The molecule has 0 saturated carbocycles. The molecule has 0 radical (unpaired) electrons. The van der Waals surface area contributed by atoms with Gasteiger partial charge in [-0.3, -0.25) is 9.59 Å². The lowest BCUT2D eigenvalue weighted by molar-refractivity contribution is -0.137. The molecule has 0 bridgehead atoms. The SMILES string of the molecule is O=C(O)CNC(=O)Cc1cc(F)cc(F)c1. The summed E-state index contributed by atoms with van der Waals surface area (Å²) in [6.07, 6.45) is -0.262. The number of benzene rings is 1. The van der Waals surface area contributed by atoms with Crippen molar-refractivity contribution in [1.29, 1.82) is 0 Å². The van der Waals surface area contributed by atoms with Crippen molar-refractivity contribution in [1.82, 2.24) is 5.32 Å². The summed E-state index contributed by atoms with van der Waals surface area (Å²) in [4.78, 5) is 21.2. The topological polar surface area (TPSA) is 66.4 Å². The van der Waals surface area contributed by atoms with E-state index in [0.29, 0.717) is 6.07 Å². The number of halogens is 2. The zero-order valence-electron chi connectivity index (χ0n) is 8.17. The molecule has 86 valence electrons. The first-order valence-corrected chi connectivity index (χ1v) is 4.41. The van der Waals surface area contributed by atoms with Gasteiger partial charge in [0.15, 0.2) is 0 Å². The Balaban J connectivity index is 2.59. The maximum atomic E-state index is 12.7. The number of carbonyl (C=O) groups excluding carboxylic acids is 1. The Morgan fingerprint density at radius 1 is 1.19 bits per heavy atom. The van der Waals surface area contributed by atoms with Gasteiger partial charge < -0.3 is 10.4 Å². The van der Waals surface area contributed by atoms with Gasteiger partial charge in [-0.15, -0.1) is 0 Å². The number of hydrogen-bond donors (Lipinski definition) is 2. The standard InChI is InChI=1S/C10H9F2NO3/c11-7-1-6(2-8(12)4-7)3-9(14)13-5-10(15)16/h1-2,4H,3,5H2,(H,13,14)(H,15,16). The lowest BCUT2D eigenvalue weighted by Crippen LogP contribution is -2.30. The molecule has 1 aromatic rings. The number of amides is 1. The number of nitrogens with one attached hydrogen (secondary N) is 1. The van der Waals surface area contributed by atoms with E-state index in [1.807, 2.05) is 0 Å². The smallest absolute Gasteiger partial charge is 0.322 e. The molecule has 0 aliphatic carbocycles. The predicted octanol–water partition coefficient (Wildman–Crippen LogP) is 0.708. The van der Waals surface area contributed by atoms with E-state index >= 15 is 0 Å². The molecule has 0 saturated heterocycles. The van der Waals surface area contributed by atoms with Crippen LogP contribution in [0.2, 0.25) is 0 Å². The summed E-state index contributed by atoms with van der Waals surface area (Å²) in [6, 6.07) is 2.73. The molecule has 6 heteroatoms. The number of carbonyl (C=O) groups is 2. The largest absolute Gasteiger partial charge is 0.480 e. The molecule has 0 heterocycles. The van der Waals surface area contributed by atoms with E-state index < -0.39 is 30.1 Å². The second-order valence-electron chi connectivity index (χ2n) is 3.12. The van der Waals surface area contributed by atoms with Crippen molar-refractivity contribution in [2.24, 2.45) is 0 Å². The minimum Gasteiger partial charge on any atom is -0.480 e. The molecule has 0 spiro atoms. The zero-order chi connectivity index (χ0) is 12.1. The summed E-state index contributed by atoms with van der Waals surface area (Å²) in [5.74, 6) is -3.34. The van der Waals surface area contributed by atoms with Gasteiger partial charge in [-0.05, 0) is 17.7 Å². The van der Waals surface area contributed by atoms with E-state index in [9.17, 15) is 18.4 Å². The van der Waals surface area contributed by atoms with Crippen molar-refractivity contribution in [3.63, 3.8) is 0 Å². The number of carboxylic acid groups (broad SMARTS) is 1. The third kappa shape index (κ3) is 4.04. The lowest BCUT2D eigenvalue weighted by atomic mass is 10.1. The van der Waals surface area contributed by atoms with E-state index in [-0.39, 0.29) is 12.0 Å². The Morgan fingerprint density at radius 2 is 1.75 bits per heavy atom. The van der Waals surface area contributed by atoms with Crippen LogP contribution in [0.25, 0.3) is 0 Å². The molecular formula is C10H9F2NO3. The Bertz CT molecular complexity index is 400. The monoisotopic (exact) mass is 229 g/mol. The molecule has 0 aliphatic heterocycles. The Labute approximate surface area is 89.9 Å². The quantitative estimate of drug-likeness (QED) is 0.799. The minimum absolute atomic E-state index is 0.153. The minimum atomic E-state index is -1.18. The Hall–Kier alpha value is -1.98. The van der Waals surface area contributed by atoms with Crippen molar-refractivity contribution in [3.05, 3.63) is 35.4 Å². The molecule has 1 amide bonds. The van der Waals surface area contributed by atoms with Crippen LogP contribution in [-0.4, -0.2) is 23.5 Å². The summed E-state index contributed by atoms with van der Waals surface area (Å²) in [6.45, 7) is -0.517. The highest BCUT2D eigenvalue weighted by Gasteiger charge is 2.07. The van der Waals surface area contributed by atoms with Gasteiger partial charge in [-0.25, -0.2) is 8.78 Å². The lowest BCUT2D eigenvalue weighted by Gasteiger charge is -2.03. The molecule has 2 N–H and O–H groups in total. The van der Waals surface area contributed by atoms with Gasteiger partial charge in [0, 0.05) is 6.07 Å². The number of rotatable bonds is 4. The molecule has 0 aliphatic rings. The normalized spacial score (nSPS) is 9.88. The molecular weight excluding hydrogens is 220 g/mol. The Morgan fingerprint density at radius 3 is 2.25 bits per heavy atom. The predicted molar refractivity (Wildman–Crippen MR) is 50.7 cm³/mol. The van der Waals surface area contributed by atoms with Gasteiger partial charge in [-0.2, -0.15) is 0 Å². The number of aliphatic carboxylic acids is 1. The van der Waals surface area contributed by atoms with Gasteiger partial charge in [0.2, 0.25) is 5.91 Å². The molecule has 1 rings (SSSR count). The fraction of sp³-hybridized carbons (Fsp3) is 0.200. The average molecular weight is 229 g/mol. The third-order valence-electron chi connectivity index (χ3n) is 1.72. The Kier molecular flexibility index (Phi) is 3.93. The first-order valence-electron chi connectivity index (χ1n) is 4.41. The number of hydrogen-bond acceptors (Lipinski definition) is 2. The van der Waals surface area contributed by atoms with Crippen LogP contribution in [-0.2, 0) is 16.0 Å². The first-order chi connectivity index (χ1) is 7.47. The summed E-state index contributed by atoms with van der Waals surface area (Å²) < 4.78 is 25.5. The molecule has 0 unspecified atom stereocenters. The zero-order valence-corrected chi connectivity index (χ0v) is 8.17. The van der Waals surface area contributed by atoms with Gasteiger partial charge >= 0.3 is 5.97 Å². The van der Waals surface area contributed by atoms with Crippen molar-refractivity contribution in [3.8, 4) is 0 Å². The van der Waals surface area contributed by atoms with Crippen molar-refractivity contribution >= 4 is 11.9 Å². The van der Waals surface area contributed by atoms with Gasteiger partial charge in [-0.1, -0.05) is 0 Å². The van der Waals surface area contributed by atoms with E-state index in [4.69, 9.17) is 5.11 Å². The van der Waals surface area contributed by atoms with Crippen LogP contribution in [0.3, 0.4) is 0 Å². The van der Waals surface area contributed by atoms with Crippen LogP contribution in [0.4, 0.5) is 8.78 Å². The second-order valence-corrected chi connectivity index (χ2v) is 3.12. The molecule has 1 aromatic carbocycles. The highest BCUT2D eigenvalue weighted by molar-refractivity contribution is 5.82. The third-order valence-corrected chi connectivity index (χ3v) is 1.72. The molecule has 16 heavy (non-hydrogen) atoms. The van der Waals surface area contributed by atoms with E-state index in [1.54, 1.807) is 0 Å². The maximum absolute atomic E-state index is 12.7. The fourth-order valence-corrected chi connectivity index (χ4v) is 1.14. The van der Waals surface area contributed by atoms with Crippen LogP contribution in [0.1, 0.15) is 5.56 Å². The fourth-order valence-electron chi connectivity index (χ4n) is 1.14. The highest BCUT2D eigenvalue weighted by atomic mass is 19.1. The molecule has 0 atom stereocenters. The van der Waals surface area contributed by atoms with Crippen LogP contribution in [0.5, 0.6) is 0 Å². The van der Waals surface area contributed by atoms with Crippen LogP contribution in [0.15, 0.2) is 18.2 Å². The van der Waals surface area contributed by atoms with Crippen molar-refractivity contribution in [2.75, 3.05) is 6.54 Å². The average Bonchev–Trinajstić information content (AvgIpc) is 2.12. The van der Waals surface area contributed by atoms with Gasteiger partial charge in [0.05, 0.1) is 6.42 Å². The van der Waals surface area contributed by atoms with Crippen LogP contribution in [0, 0.1) is 11.6 Å². The van der Waals surface area contributed by atoms with Crippen molar-refractivity contribution < 1.29 is 23.5 Å². The summed E-state index contributed by atoms with van der Waals surface area (Å²) >= 11 is 0. The van der Waals surface area contributed by atoms with Crippen LogP contribution < -0.4 is 5.32 Å². The van der Waals surface area contributed by atoms with E-state index in [1.165, 1.54) is 0 Å².